The maximum absolute atomic E-state index is 13.4. The molecular weight excluding hydrogens is 508 g/mol. The van der Waals surface area contributed by atoms with Gasteiger partial charge >= 0.3 is 6.03 Å². The zero-order chi connectivity index (χ0) is 28.4. The van der Waals surface area contributed by atoms with E-state index in [-0.39, 0.29) is 30.4 Å². The molecule has 1 N–H and O–H groups in total. The fourth-order valence-corrected chi connectivity index (χ4v) is 5.59. The second-order valence-electron chi connectivity index (χ2n) is 10.5. The molecule has 210 valence electrons. The molecule has 1 aliphatic heterocycles. The van der Waals surface area contributed by atoms with Crippen molar-refractivity contribution in [2.24, 2.45) is 0 Å². The molecule has 0 aliphatic carbocycles. The summed E-state index contributed by atoms with van der Waals surface area (Å²) in [5.74, 6) is 0.0818. The van der Waals surface area contributed by atoms with Gasteiger partial charge in [-0.05, 0) is 35.7 Å². The van der Waals surface area contributed by atoms with E-state index in [0.717, 1.165) is 24.3 Å². The molecule has 1 aliphatic rings. The van der Waals surface area contributed by atoms with Crippen molar-refractivity contribution in [3.8, 4) is 0 Å². The molecule has 0 spiro atoms. The largest absolute Gasteiger partial charge is 0.340 e. The van der Waals surface area contributed by atoms with Crippen LogP contribution in [0.15, 0.2) is 121 Å². The third-order valence-corrected chi connectivity index (χ3v) is 7.86. The van der Waals surface area contributed by atoms with Gasteiger partial charge in [-0.15, -0.1) is 0 Å². The molecule has 6 heteroatoms. The van der Waals surface area contributed by atoms with E-state index in [1.165, 1.54) is 11.1 Å². The Labute approximate surface area is 243 Å². The predicted octanol–water partition coefficient (Wildman–Crippen LogP) is 6.61. The SMILES string of the molecule is CC(c1ccccc1)N(CCC(=O)N1CCN(C(c2ccccc2)c2ccccc2)CC1)C(=O)Nc1ccccc1. The number of benzene rings is 4. The lowest BCUT2D eigenvalue weighted by molar-refractivity contribution is -0.133. The molecule has 4 aromatic carbocycles. The summed E-state index contributed by atoms with van der Waals surface area (Å²) in [5, 5.41) is 3.00. The number of piperazine rings is 1. The number of nitrogens with zero attached hydrogens (tertiary/aromatic N) is 3. The molecule has 1 atom stereocenters. The van der Waals surface area contributed by atoms with Gasteiger partial charge in [0.2, 0.25) is 5.91 Å². The second-order valence-corrected chi connectivity index (χ2v) is 10.5. The van der Waals surface area contributed by atoms with E-state index in [9.17, 15) is 9.59 Å². The average molecular weight is 547 g/mol. The Balaban J connectivity index is 1.23. The number of hydrogen-bond acceptors (Lipinski definition) is 3. The summed E-state index contributed by atoms with van der Waals surface area (Å²) >= 11 is 0. The number of nitrogens with one attached hydrogen (secondary N) is 1. The average Bonchev–Trinajstić information content (AvgIpc) is 3.03. The van der Waals surface area contributed by atoms with Crippen molar-refractivity contribution in [1.82, 2.24) is 14.7 Å². The molecule has 0 saturated carbocycles. The molecular formula is C35H38N4O2. The number of urea groups is 1. The fraction of sp³-hybridized carbons (Fsp3) is 0.257. The Morgan fingerprint density at radius 2 is 1.15 bits per heavy atom. The van der Waals surface area contributed by atoms with Crippen molar-refractivity contribution in [1.29, 1.82) is 0 Å². The number of amides is 3. The van der Waals surface area contributed by atoms with Crippen LogP contribution in [-0.4, -0.2) is 59.4 Å². The smallest absolute Gasteiger partial charge is 0.322 e. The Hall–Kier alpha value is -4.42. The molecule has 0 bridgehead atoms. The molecule has 1 saturated heterocycles. The summed E-state index contributed by atoms with van der Waals surface area (Å²) < 4.78 is 0. The highest BCUT2D eigenvalue weighted by Gasteiger charge is 2.29. The van der Waals surface area contributed by atoms with Gasteiger partial charge in [-0.3, -0.25) is 9.69 Å². The maximum Gasteiger partial charge on any atom is 0.322 e. The van der Waals surface area contributed by atoms with Gasteiger partial charge in [-0.25, -0.2) is 4.79 Å². The van der Waals surface area contributed by atoms with Crippen LogP contribution < -0.4 is 5.32 Å². The highest BCUT2D eigenvalue weighted by Crippen LogP contribution is 2.29. The van der Waals surface area contributed by atoms with Crippen molar-refractivity contribution in [2.75, 3.05) is 38.0 Å². The minimum absolute atomic E-state index is 0.0818. The lowest BCUT2D eigenvalue weighted by atomic mass is 9.96. The van der Waals surface area contributed by atoms with Crippen LogP contribution in [0.25, 0.3) is 0 Å². The van der Waals surface area contributed by atoms with Gasteiger partial charge in [0, 0.05) is 44.8 Å². The predicted molar refractivity (Wildman–Crippen MR) is 165 cm³/mol. The molecule has 0 radical (unpaired) electrons. The summed E-state index contributed by atoms with van der Waals surface area (Å²) in [6, 6.07) is 40.3. The van der Waals surface area contributed by atoms with E-state index in [4.69, 9.17) is 0 Å². The van der Waals surface area contributed by atoms with Crippen molar-refractivity contribution in [2.45, 2.75) is 25.4 Å². The second kappa shape index (κ2) is 13.8. The van der Waals surface area contributed by atoms with Crippen molar-refractivity contribution in [3.05, 3.63) is 138 Å². The molecule has 6 nitrogen and oxygen atoms in total. The van der Waals surface area contributed by atoms with Crippen LogP contribution in [0.1, 0.15) is 42.1 Å². The van der Waals surface area contributed by atoms with Gasteiger partial charge in [-0.2, -0.15) is 0 Å². The topological polar surface area (TPSA) is 55.9 Å². The molecule has 4 aromatic rings. The van der Waals surface area contributed by atoms with Gasteiger partial charge in [0.15, 0.2) is 0 Å². The quantitative estimate of drug-likeness (QED) is 0.257. The monoisotopic (exact) mass is 546 g/mol. The Bertz CT molecular complexity index is 1340. The molecule has 1 unspecified atom stereocenters. The van der Waals surface area contributed by atoms with E-state index in [2.05, 4.69) is 58.7 Å². The first-order valence-corrected chi connectivity index (χ1v) is 14.4. The van der Waals surface area contributed by atoms with Crippen LogP contribution in [0, 0.1) is 0 Å². The maximum atomic E-state index is 13.4. The molecule has 3 amide bonds. The zero-order valence-corrected chi connectivity index (χ0v) is 23.6. The van der Waals surface area contributed by atoms with Crippen LogP contribution in [-0.2, 0) is 4.79 Å². The third kappa shape index (κ3) is 7.21. The molecule has 5 rings (SSSR count). The number of rotatable bonds is 9. The minimum atomic E-state index is -0.210. The number of carbonyl (C=O) groups is 2. The van der Waals surface area contributed by atoms with Crippen molar-refractivity contribution in [3.63, 3.8) is 0 Å². The number of anilines is 1. The summed E-state index contributed by atoms with van der Waals surface area (Å²) in [5.41, 5.74) is 4.28. The molecule has 1 heterocycles. The summed E-state index contributed by atoms with van der Waals surface area (Å²) in [4.78, 5) is 33.0. The first-order chi connectivity index (χ1) is 20.1. The van der Waals surface area contributed by atoms with Gasteiger partial charge in [0.25, 0.3) is 0 Å². The van der Waals surface area contributed by atoms with Gasteiger partial charge in [0.1, 0.15) is 0 Å². The van der Waals surface area contributed by atoms with E-state index >= 15 is 0 Å². The summed E-state index contributed by atoms with van der Waals surface area (Å²) in [6.45, 7) is 5.26. The Kier molecular flexibility index (Phi) is 9.45. The van der Waals surface area contributed by atoms with Crippen LogP contribution >= 0.6 is 0 Å². The molecule has 1 fully saturated rings. The highest BCUT2D eigenvalue weighted by molar-refractivity contribution is 5.90. The van der Waals surface area contributed by atoms with Gasteiger partial charge in [0.05, 0.1) is 12.1 Å². The zero-order valence-electron chi connectivity index (χ0n) is 23.6. The Morgan fingerprint density at radius 1 is 0.683 bits per heavy atom. The van der Waals surface area contributed by atoms with Crippen LogP contribution in [0.2, 0.25) is 0 Å². The minimum Gasteiger partial charge on any atom is -0.340 e. The number of carbonyl (C=O) groups excluding carboxylic acids is 2. The standard InChI is InChI=1S/C35H38N4O2/c1-28(29-14-6-2-7-15-29)39(35(41)36-32-20-12-5-13-21-32)23-22-33(40)37-24-26-38(27-25-37)34(30-16-8-3-9-17-30)31-18-10-4-11-19-31/h2-21,28,34H,22-27H2,1H3,(H,36,41). The number of hydrogen-bond donors (Lipinski definition) is 1. The van der Waals surface area contributed by atoms with Crippen molar-refractivity contribution >= 4 is 17.6 Å². The van der Waals surface area contributed by atoms with Gasteiger partial charge in [-0.1, -0.05) is 109 Å². The fourth-order valence-electron chi connectivity index (χ4n) is 5.59. The lowest BCUT2D eigenvalue weighted by Gasteiger charge is -2.40. The third-order valence-electron chi connectivity index (χ3n) is 7.86. The van der Waals surface area contributed by atoms with E-state index in [0.29, 0.717) is 19.6 Å². The molecule has 0 aromatic heterocycles. The number of para-hydroxylation sites is 1. The Morgan fingerprint density at radius 3 is 1.66 bits per heavy atom. The summed E-state index contributed by atoms with van der Waals surface area (Å²) in [7, 11) is 0. The van der Waals surface area contributed by atoms with E-state index < -0.39 is 0 Å². The lowest BCUT2D eigenvalue weighted by Crippen LogP contribution is -2.50. The van der Waals surface area contributed by atoms with Crippen LogP contribution in [0.4, 0.5) is 10.5 Å². The molecule has 41 heavy (non-hydrogen) atoms. The first kappa shape index (κ1) is 28.1. The van der Waals surface area contributed by atoms with Crippen molar-refractivity contribution < 1.29 is 9.59 Å². The van der Waals surface area contributed by atoms with E-state index in [1.807, 2.05) is 84.6 Å². The normalized spacial score (nSPS) is 14.4. The van der Waals surface area contributed by atoms with Crippen LogP contribution in [0.5, 0.6) is 0 Å². The van der Waals surface area contributed by atoms with Gasteiger partial charge < -0.3 is 15.1 Å². The summed E-state index contributed by atoms with van der Waals surface area (Å²) in [6.07, 6.45) is 0.278. The van der Waals surface area contributed by atoms with Crippen LogP contribution in [0.3, 0.4) is 0 Å². The highest BCUT2D eigenvalue weighted by atomic mass is 16.2. The van der Waals surface area contributed by atoms with E-state index in [1.54, 1.807) is 4.90 Å². The first-order valence-electron chi connectivity index (χ1n) is 14.4.